The van der Waals surface area contributed by atoms with E-state index in [2.05, 4.69) is 69.4 Å². The third-order valence-electron chi connectivity index (χ3n) is 12.6. The van der Waals surface area contributed by atoms with Crippen LogP contribution < -0.4 is 0 Å². The van der Waals surface area contributed by atoms with Gasteiger partial charge in [0.05, 0.1) is 0 Å². The SMILES string of the molecule is CC/C=C\C/C=C\C/C=C\C/C=C\CCCCCCCCCCCCCCCCCCC(=O)OCC(COC(=O)CCCCCCCCCCC)OC(=O)CCCCCCCCCCCC. The molecule has 0 aromatic carbocycles. The van der Waals surface area contributed by atoms with Crippen molar-refractivity contribution in [1.82, 2.24) is 0 Å². The fraction of sp³-hybridized carbons (Fsp3) is 0.817. The highest BCUT2D eigenvalue weighted by Gasteiger charge is 2.19. The van der Waals surface area contributed by atoms with Crippen LogP contribution in [0.4, 0.5) is 0 Å². The molecule has 0 saturated carbocycles. The van der Waals surface area contributed by atoms with Gasteiger partial charge in [0.1, 0.15) is 13.2 Å². The largest absolute Gasteiger partial charge is 0.462 e. The Morgan fingerprint density at radius 3 is 0.924 bits per heavy atom. The maximum atomic E-state index is 12.7. The lowest BCUT2D eigenvalue weighted by atomic mass is 10.0. The number of hydrogen-bond acceptors (Lipinski definition) is 6. The molecule has 0 aliphatic heterocycles. The third-order valence-corrected chi connectivity index (χ3v) is 12.6. The molecule has 0 saturated heterocycles. The first-order valence-corrected chi connectivity index (χ1v) is 28.6. The second kappa shape index (κ2) is 55.0. The molecule has 0 rings (SSSR count). The molecule has 1 unspecified atom stereocenters. The van der Waals surface area contributed by atoms with E-state index in [1.165, 1.54) is 173 Å². The average Bonchev–Trinajstić information content (AvgIpc) is 3.31. The maximum Gasteiger partial charge on any atom is 0.306 e. The van der Waals surface area contributed by atoms with E-state index in [0.29, 0.717) is 19.3 Å². The van der Waals surface area contributed by atoms with Gasteiger partial charge in [0.25, 0.3) is 0 Å². The van der Waals surface area contributed by atoms with E-state index in [0.717, 1.165) is 83.5 Å². The molecule has 384 valence electrons. The highest BCUT2D eigenvalue weighted by Crippen LogP contribution is 2.17. The van der Waals surface area contributed by atoms with Gasteiger partial charge in [0.2, 0.25) is 0 Å². The second-order valence-electron chi connectivity index (χ2n) is 19.2. The Balaban J connectivity index is 4.03. The van der Waals surface area contributed by atoms with Crippen LogP contribution in [0.3, 0.4) is 0 Å². The number of carbonyl (C=O) groups excluding carboxylic acids is 3. The van der Waals surface area contributed by atoms with Gasteiger partial charge in [0.15, 0.2) is 6.10 Å². The lowest BCUT2D eigenvalue weighted by Crippen LogP contribution is -2.30. The number of hydrogen-bond donors (Lipinski definition) is 0. The Kier molecular flexibility index (Phi) is 52.8. The monoisotopic (exact) mass is 925 g/mol. The van der Waals surface area contributed by atoms with Crippen LogP contribution in [0.1, 0.15) is 297 Å². The molecule has 6 heteroatoms. The first kappa shape index (κ1) is 63.4. The molecule has 0 N–H and O–H groups in total. The van der Waals surface area contributed by atoms with Crippen molar-refractivity contribution in [3.05, 3.63) is 48.6 Å². The molecule has 0 heterocycles. The van der Waals surface area contributed by atoms with Crippen molar-refractivity contribution in [2.45, 2.75) is 303 Å². The smallest absolute Gasteiger partial charge is 0.306 e. The Labute approximate surface area is 409 Å². The summed E-state index contributed by atoms with van der Waals surface area (Å²) in [5, 5.41) is 0. The maximum absolute atomic E-state index is 12.7. The van der Waals surface area contributed by atoms with E-state index in [1.54, 1.807) is 0 Å². The molecule has 66 heavy (non-hydrogen) atoms. The van der Waals surface area contributed by atoms with Crippen molar-refractivity contribution >= 4 is 17.9 Å². The molecule has 1 atom stereocenters. The van der Waals surface area contributed by atoms with Gasteiger partial charge in [-0.2, -0.15) is 0 Å². The first-order valence-electron chi connectivity index (χ1n) is 28.6. The minimum Gasteiger partial charge on any atom is -0.462 e. The van der Waals surface area contributed by atoms with Gasteiger partial charge in [-0.1, -0.05) is 268 Å². The summed E-state index contributed by atoms with van der Waals surface area (Å²) >= 11 is 0. The highest BCUT2D eigenvalue weighted by molar-refractivity contribution is 5.71. The van der Waals surface area contributed by atoms with Crippen LogP contribution in [0.2, 0.25) is 0 Å². The zero-order chi connectivity index (χ0) is 47.9. The van der Waals surface area contributed by atoms with E-state index in [1.807, 2.05) is 0 Å². The molecule has 0 aliphatic carbocycles. The highest BCUT2D eigenvalue weighted by atomic mass is 16.6. The summed E-state index contributed by atoms with van der Waals surface area (Å²) in [7, 11) is 0. The van der Waals surface area contributed by atoms with E-state index in [4.69, 9.17) is 14.2 Å². The molecule has 0 spiro atoms. The van der Waals surface area contributed by atoms with Gasteiger partial charge in [-0.3, -0.25) is 14.4 Å². The molecule has 0 bridgehead atoms. The molecule has 0 aromatic rings. The van der Waals surface area contributed by atoms with Crippen LogP contribution in [0.25, 0.3) is 0 Å². The topological polar surface area (TPSA) is 78.9 Å². The number of carbonyl (C=O) groups is 3. The quantitative estimate of drug-likeness (QED) is 0.0262. The predicted molar refractivity (Wildman–Crippen MR) is 284 cm³/mol. The van der Waals surface area contributed by atoms with E-state index in [9.17, 15) is 14.4 Å². The molecule has 0 aromatic heterocycles. The van der Waals surface area contributed by atoms with Gasteiger partial charge in [-0.15, -0.1) is 0 Å². The number of unbranched alkanes of at least 4 members (excludes halogenated alkanes) is 33. The summed E-state index contributed by atoms with van der Waals surface area (Å²) in [5.74, 6) is -0.859. The standard InChI is InChI=1S/C60H108O6/c1-4-7-10-13-16-19-21-22-23-24-25-26-27-28-29-30-31-32-33-34-35-36-37-38-39-42-44-47-50-53-59(62)65-56-57(55-64-58(61)52-49-46-43-40-18-15-12-9-6-3)66-60(63)54-51-48-45-41-20-17-14-11-8-5-2/h7,10,16,19,22-23,25-26,57H,4-6,8-9,11-15,17-18,20-21,24,27-56H2,1-3H3/b10-7-,19-16-,23-22-,26-25-. The van der Waals surface area contributed by atoms with Crippen molar-refractivity contribution in [2.24, 2.45) is 0 Å². The predicted octanol–water partition coefficient (Wildman–Crippen LogP) is 19.0. The van der Waals surface area contributed by atoms with E-state index >= 15 is 0 Å². The normalized spacial score (nSPS) is 12.3. The number of ether oxygens (including phenoxy) is 3. The number of esters is 3. The van der Waals surface area contributed by atoms with Crippen LogP contribution in [0, 0.1) is 0 Å². The minimum atomic E-state index is -0.764. The Bertz CT molecular complexity index is 1150. The van der Waals surface area contributed by atoms with Gasteiger partial charge in [-0.05, 0) is 57.8 Å². The molecule has 0 fully saturated rings. The van der Waals surface area contributed by atoms with Crippen LogP contribution in [-0.4, -0.2) is 37.2 Å². The second-order valence-corrected chi connectivity index (χ2v) is 19.2. The zero-order valence-electron chi connectivity index (χ0n) is 44.0. The van der Waals surface area contributed by atoms with Crippen molar-refractivity contribution < 1.29 is 28.6 Å². The van der Waals surface area contributed by atoms with Crippen LogP contribution >= 0.6 is 0 Å². The third kappa shape index (κ3) is 52.3. The summed E-state index contributed by atoms with van der Waals surface area (Å²) in [6.45, 7) is 6.52. The van der Waals surface area contributed by atoms with E-state index < -0.39 is 6.10 Å². The number of allylic oxidation sites excluding steroid dienone is 8. The zero-order valence-corrected chi connectivity index (χ0v) is 44.0. The van der Waals surface area contributed by atoms with Crippen molar-refractivity contribution in [3.8, 4) is 0 Å². The average molecular weight is 926 g/mol. The van der Waals surface area contributed by atoms with Gasteiger partial charge in [0, 0.05) is 19.3 Å². The fourth-order valence-electron chi connectivity index (χ4n) is 8.32. The molecular formula is C60H108O6. The molecule has 6 nitrogen and oxygen atoms in total. The summed E-state index contributed by atoms with van der Waals surface area (Å²) in [4.78, 5) is 37.9. The fourth-order valence-corrected chi connectivity index (χ4v) is 8.32. The van der Waals surface area contributed by atoms with Gasteiger partial charge < -0.3 is 14.2 Å². The number of rotatable bonds is 52. The Hall–Kier alpha value is -2.63. The molecule has 0 aliphatic rings. The molecule has 0 amide bonds. The van der Waals surface area contributed by atoms with Crippen molar-refractivity contribution in [3.63, 3.8) is 0 Å². The van der Waals surface area contributed by atoms with Crippen LogP contribution in [-0.2, 0) is 28.6 Å². The first-order chi connectivity index (χ1) is 32.5. The van der Waals surface area contributed by atoms with Crippen molar-refractivity contribution in [1.29, 1.82) is 0 Å². The van der Waals surface area contributed by atoms with Crippen LogP contribution in [0.5, 0.6) is 0 Å². The van der Waals surface area contributed by atoms with Crippen LogP contribution in [0.15, 0.2) is 48.6 Å². The summed E-state index contributed by atoms with van der Waals surface area (Å²) in [6, 6.07) is 0. The summed E-state index contributed by atoms with van der Waals surface area (Å²) in [6.07, 6.45) is 67.0. The van der Waals surface area contributed by atoms with Gasteiger partial charge >= 0.3 is 17.9 Å². The Morgan fingerprint density at radius 1 is 0.318 bits per heavy atom. The van der Waals surface area contributed by atoms with Gasteiger partial charge in [-0.25, -0.2) is 0 Å². The molecule has 0 radical (unpaired) electrons. The van der Waals surface area contributed by atoms with Crippen molar-refractivity contribution in [2.75, 3.05) is 13.2 Å². The lowest BCUT2D eigenvalue weighted by Gasteiger charge is -2.18. The summed E-state index contributed by atoms with van der Waals surface area (Å²) in [5.41, 5.74) is 0. The lowest BCUT2D eigenvalue weighted by molar-refractivity contribution is -0.167. The molecular weight excluding hydrogens is 817 g/mol. The summed E-state index contributed by atoms with van der Waals surface area (Å²) < 4.78 is 16.8. The minimum absolute atomic E-state index is 0.0675. The Morgan fingerprint density at radius 2 is 0.591 bits per heavy atom. The van der Waals surface area contributed by atoms with E-state index in [-0.39, 0.29) is 31.1 Å².